The highest BCUT2D eigenvalue weighted by Gasteiger charge is 2.25. The van der Waals surface area contributed by atoms with Crippen molar-refractivity contribution in [1.82, 2.24) is 10.4 Å². The van der Waals surface area contributed by atoms with Gasteiger partial charge < -0.3 is 10.1 Å². The molecule has 1 aromatic rings. The van der Waals surface area contributed by atoms with Gasteiger partial charge in [-0.15, -0.1) is 0 Å². The molecule has 1 atom stereocenters. The van der Waals surface area contributed by atoms with Crippen molar-refractivity contribution in [2.75, 3.05) is 25.0 Å². The van der Waals surface area contributed by atoms with E-state index in [9.17, 15) is 0 Å². The van der Waals surface area contributed by atoms with Gasteiger partial charge in [-0.2, -0.15) is 0 Å². The lowest BCUT2D eigenvalue weighted by molar-refractivity contribution is -0.00355. The van der Waals surface area contributed by atoms with Crippen LogP contribution in [0, 0.1) is 0 Å². The summed E-state index contributed by atoms with van der Waals surface area (Å²) < 4.78 is 6.03. The van der Waals surface area contributed by atoms with Gasteiger partial charge in [-0.25, -0.2) is 5.01 Å². The van der Waals surface area contributed by atoms with Crippen molar-refractivity contribution in [3.05, 3.63) is 24.3 Å². The molecule has 1 aromatic carbocycles. The van der Waals surface area contributed by atoms with Crippen molar-refractivity contribution >= 4 is 5.69 Å². The van der Waals surface area contributed by atoms with Gasteiger partial charge in [0.15, 0.2) is 6.23 Å². The third-order valence-electron chi connectivity index (χ3n) is 3.36. The fraction of sp³-hybridized carbons (Fsp3) is 0.538. The summed E-state index contributed by atoms with van der Waals surface area (Å²) in [6.45, 7) is 2.96. The van der Waals surface area contributed by atoms with Crippen molar-refractivity contribution in [3.8, 4) is 5.75 Å². The molecule has 2 N–H and O–H groups in total. The zero-order chi connectivity index (χ0) is 11.5. The molecular weight excluding hydrogens is 214 g/mol. The molecule has 4 heteroatoms. The average molecular weight is 233 g/mol. The van der Waals surface area contributed by atoms with Crippen molar-refractivity contribution in [2.45, 2.75) is 25.5 Å². The Balaban J connectivity index is 1.70. The molecule has 0 aromatic heterocycles. The van der Waals surface area contributed by atoms with Gasteiger partial charge in [-0.05, 0) is 25.0 Å². The molecule has 1 saturated heterocycles. The van der Waals surface area contributed by atoms with Crippen molar-refractivity contribution in [2.24, 2.45) is 0 Å². The Bertz CT molecular complexity index is 375. The molecule has 0 aliphatic carbocycles. The van der Waals surface area contributed by atoms with Gasteiger partial charge in [0.1, 0.15) is 5.75 Å². The monoisotopic (exact) mass is 233 g/mol. The van der Waals surface area contributed by atoms with Gasteiger partial charge >= 0.3 is 0 Å². The normalized spacial score (nSPS) is 25.3. The fourth-order valence-corrected chi connectivity index (χ4v) is 2.41. The molecule has 3 rings (SSSR count). The van der Waals surface area contributed by atoms with E-state index in [1.807, 2.05) is 18.2 Å². The predicted octanol–water partition coefficient (Wildman–Crippen LogP) is 1.81. The maximum absolute atomic E-state index is 6.03. The van der Waals surface area contributed by atoms with Gasteiger partial charge in [0, 0.05) is 13.1 Å². The number of benzene rings is 1. The smallest absolute Gasteiger partial charge is 0.182 e. The summed E-state index contributed by atoms with van der Waals surface area (Å²) in [5.74, 6) is 0.954. The number of hydrazine groups is 1. The van der Waals surface area contributed by atoms with Crippen LogP contribution in [0.3, 0.4) is 0 Å². The summed E-state index contributed by atoms with van der Waals surface area (Å²) in [5.41, 5.74) is 4.55. The third kappa shape index (κ3) is 2.37. The van der Waals surface area contributed by atoms with Gasteiger partial charge in [-0.3, -0.25) is 5.43 Å². The standard InChI is InChI=1S/C13H19N3O/c1-4-8-15-16(9-5-1)13-10-14-11-6-2-3-7-12(11)17-13/h2-3,6-7,13-15H,1,4-5,8-10H2. The molecule has 2 aliphatic rings. The second-order valence-corrected chi connectivity index (χ2v) is 4.61. The number of rotatable bonds is 1. The molecule has 92 valence electrons. The van der Waals surface area contributed by atoms with Crippen molar-refractivity contribution in [3.63, 3.8) is 0 Å². The van der Waals surface area contributed by atoms with E-state index >= 15 is 0 Å². The van der Waals surface area contributed by atoms with Crippen LogP contribution in [0.1, 0.15) is 19.3 Å². The lowest BCUT2D eigenvalue weighted by Crippen LogP contribution is -2.52. The zero-order valence-corrected chi connectivity index (χ0v) is 9.98. The highest BCUT2D eigenvalue weighted by Crippen LogP contribution is 2.28. The number of anilines is 1. The van der Waals surface area contributed by atoms with Crippen molar-refractivity contribution < 1.29 is 4.74 Å². The zero-order valence-electron chi connectivity index (χ0n) is 9.98. The van der Waals surface area contributed by atoms with Crippen LogP contribution in [-0.2, 0) is 0 Å². The topological polar surface area (TPSA) is 36.5 Å². The molecule has 0 saturated carbocycles. The first kappa shape index (κ1) is 10.9. The molecule has 0 bridgehead atoms. The quantitative estimate of drug-likeness (QED) is 0.775. The second-order valence-electron chi connectivity index (χ2n) is 4.61. The molecule has 0 spiro atoms. The summed E-state index contributed by atoms with van der Waals surface area (Å²) in [5, 5.41) is 5.66. The van der Waals surface area contributed by atoms with E-state index in [1.54, 1.807) is 0 Å². The van der Waals surface area contributed by atoms with E-state index in [1.165, 1.54) is 19.3 Å². The van der Waals surface area contributed by atoms with E-state index in [0.717, 1.165) is 31.1 Å². The number of ether oxygens (including phenoxy) is 1. The second kappa shape index (κ2) is 4.94. The van der Waals surface area contributed by atoms with Crippen LogP contribution in [0.2, 0.25) is 0 Å². The van der Waals surface area contributed by atoms with E-state index in [2.05, 4.69) is 21.8 Å². The number of nitrogens with one attached hydrogen (secondary N) is 2. The first-order valence-corrected chi connectivity index (χ1v) is 6.43. The van der Waals surface area contributed by atoms with Gasteiger partial charge in [0.25, 0.3) is 0 Å². The predicted molar refractivity (Wildman–Crippen MR) is 67.9 cm³/mol. The van der Waals surface area contributed by atoms with Gasteiger partial charge in [0.05, 0.1) is 12.2 Å². The summed E-state index contributed by atoms with van der Waals surface area (Å²) in [6, 6.07) is 8.12. The highest BCUT2D eigenvalue weighted by molar-refractivity contribution is 5.57. The Morgan fingerprint density at radius 1 is 1.18 bits per heavy atom. The lowest BCUT2D eigenvalue weighted by atomic mass is 10.2. The van der Waals surface area contributed by atoms with Crippen LogP contribution in [0.4, 0.5) is 5.69 Å². The van der Waals surface area contributed by atoms with Crippen LogP contribution >= 0.6 is 0 Å². The number of fused-ring (bicyclic) bond motifs is 1. The molecule has 2 heterocycles. The van der Waals surface area contributed by atoms with Crippen LogP contribution in [0.15, 0.2) is 24.3 Å². The molecule has 17 heavy (non-hydrogen) atoms. The summed E-state index contributed by atoms with van der Waals surface area (Å²) in [7, 11) is 0. The SMILES string of the molecule is c1ccc2c(c1)NCC(N1CCCCCN1)O2. The maximum atomic E-state index is 6.03. The molecule has 0 amide bonds. The van der Waals surface area contributed by atoms with E-state index in [0.29, 0.717) is 0 Å². The molecule has 1 fully saturated rings. The lowest BCUT2D eigenvalue weighted by Gasteiger charge is -2.35. The average Bonchev–Trinajstić information content (AvgIpc) is 2.67. The summed E-state index contributed by atoms with van der Waals surface area (Å²) >= 11 is 0. The highest BCUT2D eigenvalue weighted by atomic mass is 16.5. The first-order valence-electron chi connectivity index (χ1n) is 6.43. The first-order chi connectivity index (χ1) is 8.43. The fourth-order valence-electron chi connectivity index (χ4n) is 2.41. The minimum absolute atomic E-state index is 0.1000. The number of nitrogens with zero attached hydrogens (tertiary/aromatic N) is 1. The third-order valence-corrected chi connectivity index (χ3v) is 3.36. The van der Waals surface area contributed by atoms with Gasteiger partial charge in [-0.1, -0.05) is 18.6 Å². The summed E-state index contributed by atoms with van der Waals surface area (Å²) in [6.07, 6.45) is 3.91. The van der Waals surface area contributed by atoms with E-state index in [4.69, 9.17) is 4.74 Å². The Morgan fingerprint density at radius 3 is 3.12 bits per heavy atom. The van der Waals surface area contributed by atoms with E-state index < -0.39 is 0 Å². The van der Waals surface area contributed by atoms with E-state index in [-0.39, 0.29) is 6.23 Å². The molecule has 0 radical (unpaired) electrons. The minimum atomic E-state index is 0.1000. The van der Waals surface area contributed by atoms with Crippen molar-refractivity contribution in [1.29, 1.82) is 0 Å². The molecule has 1 unspecified atom stereocenters. The largest absolute Gasteiger partial charge is 0.470 e. The Kier molecular flexibility index (Phi) is 3.16. The van der Waals surface area contributed by atoms with Crippen LogP contribution in [0.25, 0.3) is 0 Å². The molecule has 4 nitrogen and oxygen atoms in total. The summed E-state index contributed by atoms with van der Waals surface area (Å²) in [4.78, 5) is 0. The maximum Gasteiger partial charge on any atom is 0.182 e. The Morgan fingerprint density at radius 2 is 2.12 bits per heavy atom. The number of hydrogen-bond acceptors (Lipinski definition) is 4. The molecular formula is C13H19N3O. The van der Waals surface area contributed by atoms with Crippen LogP contribution in [-0.4, -0.2) is 30.9 Å². The minimum Gasteiger partial charge on any atom is -0.470 e. The Hall–Kier alpha value is -1.26. The van der Waals surface area contributed by atoms with Crippen LogP contribution < -0.4 is 15.5 Å². The number of hydrogen-bond donors (Lipinski definition) is 2. The molecule has 2 aliphatic heterocycles. The van der Waals surface area contributed by atoms with Crippen LogP contribution in [0.5, 0.6) is 5.75 Å². The van der Waals surface area contributed by atoms with Gasteiger partial charge in [0.2, 0.25) is 0 Å². The Labute approximate surface area is 102 Å². The number of para-hydroxylation sites is 2.